The fourth-order valence-corrected chi connectivity index (χ4v) is 1.46. The van der Waals surface area contributed by atoms with Crippen LogP contribution in [0.1, 0.15) is 31.9 Å². The first kappa shape index (κ1) is 16.5. The molecule has 0 unspecified atom stereocenters. The van der Waals surface area contributed by atoms with E-state index in [0.717, 1.165) is 28.2 Å². The Hall–Kier alpha value is -1.48. The first-order valence-electron chi connectivity index (χ1n) is 6.06. The molecule has 0 heterocycles. The average molecular weight is 252 g/mol. The molecule has 3 nitrogen and oxygen atoms in total. The summed E-state index contributed by atoms with van der Waals surface area (Å²) < 4.78 is 15.7. The predicted octanol–water partition coefficient (Wildman–Crippen LogP) is 4.05. The summed E-state index contributed by atoms with van der Waals surface area (Å²) in [5, 5.41) is 0. The van der Waals surface area contributed by atoms with Crippen LogP contribution in [0.3, 0.4) is 0 Å². The van der Waals surface area contributed by atoms with E-state index < -0.39 is 0 Å². The van der Waals surface area contributed by atoms with Crippen molar-refractivity contribution in [2.24, 2.45) is 0 Å². The topological polar surface area (TPSA) is 27.7 Å². The summed E-state index contributed by atoms with van der Waals surface area (Å²) in [4.78, 5) is 0. The van der Waals surface area contributed by atoms with E-state index in [4.69, 9.17) is 14.2 Å². The fourth-order valence-electron chi connectivity index (χ4n) is 1.46. The van der Waals surface area contributed by atoms with Crippen LogP contribution < -0.4 is 9.47 Å². The zero-order valence-electron chi connectivity index (χ0n) is 12.3. The highest BCUT2D eigenvalue weighted by Gasteiger charge is 2.09. The summed E-state index contributed by atoms with van der Waals surface area (Å²) in [6.45, 7) is 12.1. The molecular weight excluding hydrogens is 228 g/mol. The van der Waals surface area contributed by atoms with Gasteiger partial charge in [0, 0.05) is 12.7 Å². The van der Waals surface area contributed by atoms with Crippen LogP contribution in [0.2, 0.25) is 0 Å². The number of benzene rings is 1. The Morgan fingerprint density at radius 2 is 1.78 bits per heavy atom. The van der Waals surface area contributed by atoms with E-state index in [-0.39, 0.29) is 6.79 Å². The quantitative estimate of drug-likeness (QED) is 0.740. The molecular formula is C15H24O3. The molecule has 0 atom stereocenters. The minimum atomic E-state index is 0.228. The molecule has 0 N–H and O–H groups in total. The van der Waals surface area contributed by atoms with Gasteiger partial charge in [0.25, 0.3) is 0 Å². The summed E-state index contributed by atoms with van der Waals surface area (Å²) in [7, 11) is 3.25. The largest absolute Gasteiger partial charge is 0.496 e. The van der Waals surface area contributed by atoms with E-state index in [2.05, 4.69) is 6.58 Å². The lowest BCUT2D eigenvalue weighted by Gasteiger charge is -2.14. The monoisotopic (exact) mass is 252 g/mol. The van der Waals surface area contributed by atoms with Crippen LogP contribution in [-0.4, -0.2) is 21.0 Å². The van der Waals surface area contributed by atoms with Crippen LogP contribution in [0.4, 0.5) is 0 Å². The second-order valence-corrected chi connectivity index (χ2v) is 3.65. The minimum Gasteiger partial charge on any atom is -0.496 e. The maximum absolute atomic E-state index is 5.49. The van der Waals surface area contributed by atoms with Gasteiger partial charge < -0.3 is 14.2 Å². The van der Waals surface area contributed by atoms with Crippen LogP contribution >= 0.6 is 0 Å². The zero-order valence-corrected chi connectivity index (χ0v) is 12.3. The zero-order chi connectivity index (χ0) is 14.1. The fraction of sp³-hybridized carbons (Fsp3) is 0.467. The van der Waals surface area contributed by atoms with Gasteiger partial charge in [0.15, 0.2) is 6.79 Å². The molecule has 0 aliphatic rings. The van der Waals surface area contributed by atoms with Crippen molar-refractivity contribution in [2.75, 3.05) is 21.0 Å². The van der Waals surface area contributed by atoms with Crippen molar-refractivity contribution in [2.45, 2.75) is 27.7 Å². The molecule has 0 aliphatic heterocycles. The molecule has 0 saturated heterocycles. The number of hydrogen-bond acceptors (Lipinski definition) is 3. The van der Waals surface area contributed by atoms with Gasteiger partial charge in [-0.1, -0.05) is 20.4 Å². The maximum atomic E-state index is 5.49. The van der Waals surface area contributed by atoms with Gasteiger partial charge in [-0.3, -0.25) is 0 Å². The van der Waals surface area contributed by atoms with Crippen LogP contribution in [0, 0.1) is 6.92 Å². The SMILES string of the molecule is C=C(C)c1cc(OC)c(C)cc1OCOC.CC. The van der Waals surface area contributed by atoms with Crippen molar-refractivity contribution in [3.05, 3.63) is 29.8 Å². The van der Waals surface area contributed by atoms with Crippen LogP contribution in [0.25, 0.3) is 5.57 Å². The number of hydrogen-bond donors (Lipinski definition) is 0. The van der Waals surface area contributed by atoms with Gasteiger partial charge in [0.1, 0.15) is 11.5 Å². The smallest absolute Gasteiger partial charge is 0.188 e. The molecule has 0 bridgehead atoms. The summed E-state index contributed by atoms with van der Waals surface area (Å²) >= 11 is 0. The second kappa shape index (κ2) is 8.59. The van der Waals surface area contributed by atoms with Gasteiger partial charge in [-0.15, -0.1) is 0 Å². The Morgan fingerprint density at radius 3 is 2.22 bits per heavy atom. The Bertz CT molecular complexity index is 384. The lowest BCUT2D eigenvalue weighted by molar-refractivity contribution is 0.0508. The molecule has 3 heteroatoms. The molecule has 0 fully saturated rings. The Balaban J connectivity index is 0.00000137. The molecule has 0 radical (unpaired) electrons. The molecule has 1 aromatic rings. The maximum Gasteiger partial charge on any atom is 0.188 e. The number of allylic oxidation sites excluding steroid dienone is 1. The van der Waals surface area contributed by atoms with E-state index in [1.54, 1.807) is 14.2 Å². The van der Waals surface area contributed by atoms with E-state index in [1.165, 1.54) is 0 Å². The van der Waals surface area contributed by atoms with Gasteiger partial charge >= 0.3 is 0 Å². The third-order valence-corrected chi connectivity index (χ3v) is 2.29. The lowest BCUT2D eigenvalue weighted by Crippen LogP contribution is -2.02. The normalized spacial score (nSPS) is 9.22. The standard InChI is InChI=1S/C13H18O3.C2H6/c1-9(2)11-7-12(15-5)10(3)6-13(11)16-8-14-4;1-2/h6-7H,1,8H2,2-5H3;1-2H3. The van der Waals surface area contributed by atoms with E-state index in [0.29, 0.717) is 0 Å². The summed E-state index contributed by atoms with van der Waals surface area (Å²) in [5.74, 6) is 1.61. The predicted molar refractivity (Wildman–Crippen MR) is 76.3 cm³/mol. The molecule has 18 heavy (non-hydrogen) atoms. The van der Waals surface area contributed by atoms with Gasteiger partial charge in [-0.25, -0.2) is 0 Å². The third-order valence-electron chi connectivity index (χ3n) is 2.29. The van der Waals surface area contributed by atoms with Crippen molar-refractivity contribution < 1.29 is 14.2 Å². The third kappa shape index (κ3) is 4.41. The molecule has 0 spiro atoms. The number of aryl methyl sites for hydroxylation is 1. The summed E-state index contributed by atoms with van der Waals surface area (Å²) in [6.07, 6.45) is 0. The van der Waals surface area contributed by atoms with Crippen molar-refractivity contribution in [1.82, 2.24) is 0 Å². The Morgan fingerprint density at radius 1 is 1.17 bits per heavy atom. The average Bonchev–Trinajstić information content (AvgIpc) is 2.38. The Labute approximate surface area is 110 Å². The first-order valence-corrected chi connectivity index (χ1v) is 6.06. The summed E-state index contributed by atoms with van der Waals surface area (Å²) in [5.41, 5.74) is 2.91. The molecule has 1 aromatic carbocycles. The number of methoxy groups -OCH3 is 2. The van der Waals surface area contributed by atoms with E-state index >= 15 is 0 Å². The van der Waals surface area contributed by atoms with Gasteiger partial charge in [-0.2, -0.15) is 0 Å². The second-order valence-electron chi connectivity index (χ2n) is 3.65. The highest BCUT2D eigenvalue weighted by atomic mass is 16.7. The van der Waals surface area contributed by atoms with Crippen molar-refractivity contribution in [1.29, 1.82) is 0 Å². The molecule has 102 valence electrons. The van der Waals surface area contributed by atoms with Crippen LogP contribution in [0.5, 0.6) is 11.5 Å². The summed E-state index contributed by atoms with van der Waals surface area (Å²) in [6, 6.07) is 3.87. The molecule has 0 aliphatic carbocycles. The minimum absolute atomic E-state index is 0.228. The highest BCUT2D eigenvalue weighted by Crippen LogP contribution is 2.32. The van der Waals surface area contributed by atoms with E-state index in [9.17, 15) is 0 Å². The van der Waals surface area contributed by atoms with Crippen molar-refractivity contribution in [3.8, 4) is 11.5 Å². The van der Waals surface area contributed by atoms with Gasteiger partial charge in [-0.05, 0) is 37.1 Å². The Kier molecular flexibility index (Phi) is 7.88. The highest BCUT2D eigenvalue weighted by molar-refractivity contribution is 5.69. The number of ether oxygens (including phenoxy) is 3. The van der Waals surface area contributed by atoms with Crippen LogP contribution in [0.15, 0.2) is 18.7 Å². The van der Waals surface area contributed by atoms with Crippen molar-refractivity contribution >= 4 is 5.57 Å². The van der Waals surface area contributed by atoms with Crippen molar-refractivity contribution in [3.63, 3.8) is 0 Å². The van der Waals surface area contributed by atoms with Gasteiger partial charge in [0.2, 0.25) is 0 Å². The first-order chi connectivity index (χ1) is 8.60. The van der Waals surface area contributed by atoms with Crippen LogP contribution in [-0.2, 0) is 4.74 Å². The molecule has 0 amide bonds. The molecule has 0 aromatic heterocycles. The van der Waals surface area contributed by atoms with E-state index in [1.807, 2.05) is 39.8 Å². The number of rotatable bonds is 5. The molecule has 1 rings (SSSR count). The van der Waals surface area contributed by atoms with Gasteiger partial charge in [0.05, 0.1) is 7.11 Å². The molecule has 0 saturated carbocycles. The lowest BCUT2D eigenvalue weighted by atomic mass is 10.0.